The number of nitrogens with zero attached hydrogens (tertiary/aromatic N) is 1. The molecule has 5 nitrogen and oxygen atoms in total. The van der Waals surface area contributed by atoms with Crippen LogP contribution in [0.15, 0.2) is 42.5 Å². The van der Waals surface area contributed by atoms with Crippen molar-refractivity contribution in [1.82, 2.24) is 4.90 Å². The van der Waals surface area contributed by atoms with Gasteiger partial charge in [-0.25, -0.2) is 14.1 Å². The molecule has 0 fully saturated rings. The molecule has 23 heavy (non-hydrogen) atoms. The molecule has 1 aliphatic rings. The molecule has 0 aliphatic carbocycles. The molecule has 0 atom stereocenters. The Morgan fingerprint density at radius 3 is 2.22 bits per heavy atom. The summed E-state index contributed by atoms with van der Waals surface area (Å²) in [5, 5.41) is -0.114. The Balaban J connectivity index is 1.76. The van der Waals surface area contributed by atoms with Crippen LogP contribution >= 0.6 is 11.6 Å². The van der Waals surface area contributed by atoms with Crippen LogP contribution in [0.3, 0.4) is 0 Å². The first-order valence-electron chi connectivity index (χ1n) is 6.57. The second-order valence-electron chi connectivity index (χ2n) is 4.74. The Morgan fingerprint density at radius 2 is 1.65 bits per heavy atom. The maximum absolute atomic E-state index is 13.6. The van der Waals surface area contributed by atoms with Crippen LogP contribution in [0.2, 0.25) is 5.02 Å². The standard InChI is InChI=1S/C16H9ClFNO4/c17-11-6-3-7-12(18)13(11)16(22)23-8-19-14(20)9-4-1-2-5-10(9)15(19)21/h1-7H,8H2. The van der Waals surface area contributed by atoms with Crippen LogP contribution < -0.4 is 0 Å². The fourth-order valence-electron chi connectivity index (χ4n) is 2.24. The number of halogens is 2. The topological polar surface area (TPSA) is 63.7 Å². The lowest BCUT2D eigenvalue weighted by Gasteiger charge is -2.14. The first-order valence-corrected chi connectivity index (χ1v) is 6.95. The van der Waals surface area contributed by atoms with Gasteiger partial charge in [-0.15, -0.1) is 0 Å². The van der Waals surface area contributed by atoms with E-state index in [1.165, 1.54) is 24.3 Å². The molecular formula is C16H9ClFNO4. The quantitative estimate of drug-likeness (QED) is 0.640. The van der Waals surface area contributed by atoms with Crippen molar-refractivity contribution in [3.8, 4) is 0 Å². The van der Waals surface area contributed by atoms with Crippen molar-refractivity contribution < 1.29 is 23.5 Å². The van der Waals surface area contributed by atoms with Gasteiger partial charge in [0.05, 0.1) is 16.1 Å². The number of amides is 2. The maximum Gasteiger partial charge on any atom is 0.344 e. The summed E-state index contributed by atoms with van der Waals surface area (Å²) < 4.78 is 18.5. The summed E-state index contributed by atoms with van der Waals surface area (Å²) in [6.45, 7) is -0.615. The van der Waals surface area contributed by atoms with Crippen LogP contribution in [-0.2, 0) is 4.74 Å². The number of imide groups is 1. The van der Waals surface area contributed by atoms with Gasteiger partial charge in [0.2, 0.25) is 0 Å². The first-order chi connectivity index (χ1) is 11.0. The minimum atomic E-state index is -1.05. The third kappa shape index (κ3) is 2.57. The van der Waals surface area contributed by atoms with Crippen LogP contribution in [0, 0.1) is 5.82 Å². The average Bonchev–Trinajstić information content (AvgIpc) is 2.77. The van der Waals surface area contributed by atoms with E-state index >= 15 is 0 Å². The summed E-state index contributed by atoms with van der Waals surface area (Å²) >= 11 is 5.76. The molecule has 2 aromatic carbocycles. The molecule has 0 spiro atoms. The number of benzene rings is 2. The number of rotatable bonds is 3. The highest BCUT2D eigenvalue weighted by molar-refractivity contribution is 6.33. The van der Waals surface area contributed by atoms with Crippen molar-refractivity contribution >= 4 is 29.4 Å². The zero-order valence-corrected chi connectivity index (χ0v) is 12.3. The van der Waals surface area contributed by atoms with E-state index in [2.05, 4.69) is 0 Å². The smallest absolute Gasteiger partial charge is 0.344 e. The fourth-order valence-corrected chi connectivity index (χ4v) is 2.48. The number of carbonyl (C=O) groups excluding carboxylic acids is 3. The van der Waals surface area contributed by atoms with Crippen LogP contribution in [-0.4, -0.2) is 29.4 Å². The molecule has 1 aliphatic heterocycles. The molecule has 116 valence electrons. The lowest BCUT2D eigenvalue weighted by Crippen LogP contribution is -2.33. The normalized spacial score (nSPS) is 13.2. The molecule has 7 heteroatoms. The molecule has 0 unspecified atom stereocenters. The highest BCUT2D eigenvalue weighted by Gasteiger charge is 2.36. The molecule has 2 aromatic rings. The van der Waals surface area contributed by atoms with Gasteiger partial charge in [0.15, 0.2) is 6.73 Å². The lowest BCUT2D eigenvalue weighted by molar-refractivity contribution is 0.0225. The lowest BCUT2D eigenvalue weighted by atomic mass is 10.1. The third-order valence-electron chi connectivity index (χ3n) is 3.37. The number of hydrogen-bond acceptors (Lipinski definition) is 4. The summed E-state index contributed by atoms with van der Waals surface area (Å²) in [5.74, 6) is -3.04. The molecule has 0 saturated heterocycles. The van der Waals surface area contributed by atoms with Gasteiger partial charge < -0.3 is 4.74 Å². The molecule has 1 heterocycles. The van der Waals surface area contributed by atoms with E-state index in [0.717, 1.165) is 11.0 Å². The maximum atomic E-state index is 13.6. The summed E-state index contributed by atoms with van der Waals surface area (Å²) in [4.78, 5) is 36.9. The Morgan fingerprint density at radius 1 is 1.04 bits per heavy atom. The molecule has 0 radical (unpaired) electrons. The van der Waals surface area contributed by atoms with Crippen molar-refractivity contribution in [3.63, 3.8) is 0 Å². The number of ether oxygens (including phenoxy) is 1. The number of fused-ring (bicyclic) bond motifs is 1. The van der Waals surface area contributed by atoms with E-state index < -0.39 is 35.9 Å². The van der Waals surface area contributed by atoms with Gasteiger partial charge in [0.25, 0.3) is 11.8 Å². The highest BCUT2D eigenvalue weighted by Crippen LogP contribution is 2.23. The van der Waals surface area contributed by atoms with Crippen LogP contribution in [0.5, 0.6) is 0 Å². The largest absolute Gasteiger partial charge is 0.440 e. The third-order valence-corrected chi connectivity index (χ3v) is 3.68. The number of esters is 1. The molecule has 0 aromatic heterocycles. The number of carbonyl (C=O) groups is 3. The molecular weight excluding hydrogens is 325 g/mol. The van der Waals surface area contributed by atoms with E-state index in [4.69, 9.17) is 16.3 Å². The van der Waals surface area contributed by atoms with Gasteiger partial charge in [-0.3, -0.25) is 9.59 Å². The van der Waals surface area contributed by atoms with Gasteiger partial charge in [0, 0.05) is 0 Å². The second-order valence-corrected chi connectivity index (χ2v) is 5.15. The minimum absolute atomic E-state index is 0.114. The Hall–Kier alpha value is -2.73. The van der Waals surface area contributed by atoms with Gasteiger partial charge >= 0.3 is 5.97 Å². The van der Waals surface area contributed by atoms with E-state index in [9.17, 15) is 18.8 Å². The molecule has 0 saturated carbocycles. The predicted octanol–water partition coefficient (Wildman–Crippen LogP) is 2.89. The van der Waals surface area contributed by atoms with Gasteiger partial charge in [-0.2, -0.15) is 0 Å². The molecule has 0 N–H and O–H groups in total. The SMILES string of the molecule is O=C(OCN1C(=O)c2ccccc2C1=O)c1c(F)cccc1Cl. The zero-order valence-electron chi connectivity index (χ0n) is 11.6. The molecule has 2 amide bonds. The zero-order chi connectivity index (χ0) is 16.6. The van der Waals surface area contributed by atoms with Crippen molar-refractivity contribution in [3.05, 3.63) is 70.0 Å². The number of hydrogen-bond donors (Lipinski definition) is 0. The summed E-state index contributed by atoms with van der Waals surface area (Å²) in [6.07, 6.45) is 0. The first kappa shape index (κ1) is 15.2. The van der Waals surface area contributed by atoms with Crippen LogP contribution in [0.4, 0.5) is 4.39 Å². The van der Waals surface area contributed by atoms with Crippen molar-refractivity contribution in [1.29, 1.82) is 0 Å². The summed E-state index contributed by atoms with van der Waals surface area (Å²) in [6, 6.07) is 10.00. The monoisotopic (exact) mass is 333 g/mol. The van der Waals surface area contributed by atoms with Gasteiger partial charge in [-0.05, 0) is 24.3 Å². The predicted molar refractivity (Wildman–Crippen MR) is 78.6 cm³/mol. The van der Waals surface area contributed by atoms with Gasteiger partial charge in [0.1, 0.15) is 11.4 Å². The Bertz CT molecular complexity index is 781. The van der Waals surface area contributed by atoms with Crippen LogP contribution in [0.1, 0.15) is 31.1 Å². The summed E-state index contributed by atoms with van der Waals surface area (Å²) in [7, 11) is 0. The van der Waals surface area contributed by atoms with Crippen molar-refractivity contribution in [2.24, 2.45) is 0 Å². The molecule has 0 bridgehead atoms. The second kappa shape index (κ2) is 5.81. The molecule has 3 rings (SSSR count). The van der Waals surface area contributed by atoms with Crippen LogP contribution in [0.25, 0.3) is 0 Å². The van der Waals surface area contributed by atoms with E-state index in [-0.39, 0.29) is 16.1 Å². The van der Waals surface area contributed by atoms with E-state index in [1.54, 1.807) is 12.1 Å². The fraction of sp³-hybridized carbons (Fsp3) is 0.0625. The van der Waals surface area contributed by atoms with E-state index in [0.29, 0.717) is 0 Å². The van der Waals surface area contributed by atoms with Crippen molar-refractivity contribution in [2.75, 3.05) is 6.73 Å². The highest BCUT2D eigenvalue weighted by atomic mass is 35.5. The minimum Gasteiger partial charge on any atom is -0.440 e. The Kier molecular flexibility index (Phi) is 3.83. The van der Waals surface area contributed by atoms with Gasteiger partial charge in [-0.1, -0.05) is 29.8 Å². The summed E-state index contributed by atoms with van der Waals surface area (Å²) in [5.41, 5.74) is 0.0284. The van der Waals surface area contributed by atoms with Crippen molar-refractivity contribution in [2.45, 2.75) is 0 Å². The Labute approximate surface area is 135 Å². The average molecular weight is 334 g/mol. The van der Waals surface area contributed by atoms with E-state index in [1.807, 2.05) is 0 Å².